The molecule has 1 atom stereocenters. The molecule has 2 heterocycles. The maximum absolute atomic E-state index is 13.0. The Kier molecular flexibility index (Phi) is 6.74. The van der Waals surface area contributed by atoms with E-state index in [0.717, 1.165) is 17.8 Å². The summed E-state index contributed by atoms with van der Waals surface area (Å²) in [5, 5.41) is 2.80. The highest BCUT2D eigenvalue weighted by Gasteiger charge is 2.25. The van der Waals surface area contributed by atoms with Gasteiger partial charge < -0.3 is 19.3 Å². The molecule has 1 aliphatic rings. The first-order valence-corrected chi connectivity index (χ1v) is 10.6. The highest BCUT2D eigenvalue weighted by atomic mass is 32.1. The van der Waals surface area contributed by atoms with Gasteiger partial charge in [0.15, 0.2) is 11.5 Å². The van der Waals surface area contributed by atoms with Gasteiger partial charge in [-0.05, 0) is 25.1 Å². The summed E-state index contributed by atoms with van der Waals surface area (Å²) in [6.07, 6.45) is 3.23. The summed E-state index contributed by atoms with van der Waals surface area (Å²) >= 11 is 1.53. The Morgan fingerprint density at radius 1 is 1.28 bits per heavy atom. The zero-order valence-corrected chi connectivity index (χ0v) is 18.1. The molecule has 0 aliphatic carbocycles. The predicted molar refractivity (Wildman–Crippen MR) is 112 cm³/mol. The molecule has 2 amide bonds. The maximum atomic E-state index is 13.0. The van der Waals surface area contributed by atoms with Crippen molar-refractivity contribution in [1.82, 2.24) is 14.8 Å². The fraction of sp³-hybridized carbons (Fsp3) is 0.476. The molecule has 1 fully saturated rings. The van der Waals surface area contributed by atoms with Crippen LogP contribution < -0.4 is 9.47 Å². The Hall–Kier alpha value is -2.61. The lowest BCUT2D eigenvalue weighted by atomic mass is 10.1. The summed E-state index contributed by atoms with van der Waals surface area (Å²) in [4.78, 5) is 32.3. The van der Waals surface area contributed by atoms with Crippen LogP contribution in [0.5, 0.6) is 11.5 Å². The van der Waals surface area contributed by atoms with E-state index in [1.807, 2.05) is 17.2 Å². The number of hydrogen-bond donors (Lipinski definition) is 0. The second-order valence-electron chi connectivity index (χ2n) is 7.15. The third-order valence-corrected chi connectivity index (χ3v) is 6.25. The number of aromatic nitrogens is 1. The zero-order chi connectivity index (χ0) is 21.0. The number of benzene rings is 1. The van der Waals surface area contributed by atoms with Gasteiger partial charge in [-0.25, -0.2) is 4.98 Å². The molecule has 2 aromatic rings. The first-order valence-electron chi connectivity index (χ1n) is 9.67. The van der Waals surface area contributed by atoms with Gasteiger partial charge in [0.2, 0.25) is 5.91 Å². The van der Waals surface area contributed by atoms with E-state index in [9.17, 15) is 9.59 Å². The molecule has 7 nitrogen and oxygen atoms in total. The smallest absolute Gasteiger partial charge is 0.254 e. The van der Waals surface area contributed by atoms with E-state index in [4.69, 9.17) is 9.47 Å². The summed E-state index contributed by atoms with van der Waals surface area (Å²) in [5.74, 6) is 1.12. The number of likely N-dealkylation sites (tertiary alicyclic amines) is 1. The zero-order valence-electron chi connectivity index (χ0n) is 17.3. The minimum atomic E-state index is -0.120. The number of hydrogen-bond acceptors (Lipinski definition) is 6. The van der Waals surface area contributed by atoms with Crippen molar-refractivity contribution < 1.29 is 19.1 Å². The second kappa shape index (κ2) is 9.26. The van der Waals surface area contributed by atoms with Gasteiger partial charge in [0.1, 0.15) is 11.1 Å². The van der Waals surface area contributed by atoms with Gasteiger partial charge in [-0.3, -0.25) is 9.59 Å². The number of carbonyl (C=O) groups excluding carboxylic acids is 2. The standard InChI is InChI=1S/C21H27N3O4S/c1-14(20-22-9-12-29-20)23(3)21(26)16-5-6-18(27-4)19(13-16)28-17-7-10-24(11-8-17)15(2)25/h5-6,9,12-14,17H,7-8,10-11H2,1-4H3/t14-/m1/s1. The lowest BCUT2D eigenvalue weighted by Gasteiger charge is -2.32. The van der Waals surface area contributed by atoms with Crippen LogP contribution in [0.4, 0.5) is 0 Å². The van der Waals surface area contributed by atoms with Crippen LogP contribution in [0.1, 0.15) is 48.1 Å². The van der Waals surface area contributed by atoms with Crippen molar-refractivity contribution >= 4 is 23.2 Å². The molecule has 0 spiro atoms. The number of rotatable bonds is 6. The van der Waals surface area contributed by atoms with Crippen LogP contribution in [0.2, 0.25) is 0 Å². The molecule has 0 N–H and O–H groups in total. The predicted octanol–water partition coefficient (Wildman–Crippen LogP) is 3.37. The largest absolute Gasteiger partial charge is 0.493 e. The highest BCUT2D eigenvalue weighted by molar-refractivity contribution is 7.09. The summed E-state index contributed by atoms with van der Waals surface area (Å²) < 4.78 is 11.6. The molecule has 1 aromatic carbocycles. The van der Waals surface area contributed by atoms with Crippen LogP contribution in [0.3, 0.4) is 0 Å². The second-order valence-corrected chi connectivity index (χ2v) is 8.08. The topological polar surface area (TPSA) is 72.0 Å². The summed E-state index contributed by atoms with van der Waals surface area (Å²) in [5.41, 5.74) is 0.535. The van der Waals surface area contributed by atoms with Crippen molar-refractivity contribution in [2.24, 2.45) is 0 Å². The number of amides is 2. The van der Waals surface area contributed by atoms with Crippen LogP contribution in [0, 0.1) is 0 Å². The molecule has 0 bridgehead atoms. The molecular formula is C21H27N3O4S. The lowest BCUT2D eigenvalue weighted by molar-refractivity contribution is -0.130. The highest BCUT2D eigenvalue weighted by Crippen LogP contribution is 2.32. The molecule has 0 saturated carbocycles. The van der Waals surface area contributed by atoms with E-state index >= 15 is 0 Å². The van der Waals surface area contributed by atoms with Gasteiger partial charge in [-0.15, -0.1) is 11.3 Å². The van der Waals surface area contributed by atoms with Crippen LogP contribution in [-0.2, 0) is 4.79 Å². The van der Waals surface area contributed by atoms with Gasteiger partial charge >= 0.3 is 0 Å². The number of methoxy groups -OCH3 is 1. The van der Waals surface area contributed by atoms with Gasteiger partial charge in [0, 0.05) is 57.0 Å². The van der Waals surface area contributed by atoms with Gasteiger partial charge in [0.25, 0.3) is 5.91 Å². The van der Waals surface area contributed by atoms with Crippen molar-refractivity contribution in [1.29, 1.82) is 0 Å². The number of carbonyl (C=O) groups is 2. The molecule has 29 heavy (non-hydrogen) atoms. The molecule has 156 valence electrons. The Balaban J connectivity index is 1.73. The first kappa shape index (κ1) is 21.1. The SMILES string of the molecule is COc1ccc(C(=O)N(C)[C@H](C)c2nccs2)cc1OC1CCN(C(C)=O)CC1. The van der Waals surface area contributed by atoms with Crippen LogP contribution in [0.25, 0.3) is 0 Å². The number of piperidine rings is 1. The Morgan fingerprint density at radius 2 is 2.00 bits per heavy atom. The quantitative estimate of drug-likeness (QED) is 0.721. The van der Waals surface area contributed by atoms with E-state index in [2.05, 4.69) is 4.98 Å². The van der Waals surface area contributed by atoms with Gasteiger partial charge in [-0.2, -0.15) is 0 Å². The Labute approximate surface area is 175 Å². The summed E-state index contributed by atoms with van der Waals surface area (Å²) in [6.45, 7) is 4.90. The summed E-state index contributed by atoms with van der Waals surface area (Å²) in [7, 11) is 3.36. The Morgan fingerprint density at radius 3 is 2.59 bits per heavy atom. The average molecular weight is 418 g/mol. The number of ether oxygens (including phenoxy) is 2. The van der Waals surface area contributed by atoms with E-state index in [1.54, 1.807) is 50.4 Å². The first-order chi connectivity index (χ1) is 13.9. The van der Waals surface area contributed by atoms with Crippen LogP contribution in [0.15, 0.2) is 29.8 Å². The van der Waals surface area contributed by atoms with Gasteiger partial charge in [-0.1, -0.05) is 0 Å². The third-order valence-electron chi connectivity index (χ3n) is 5.30. The minimum Gasteiger partial charge on any atom is -0.493 e. The maximum Gasteiger partial charge on any atom is 0.254 e. The van der Waals surface area contributed by atoms with Crippen LogP contribution in [-0.4, -0.2) is 59.9 Å². The fourth-order valence-electron chi connectivity index (χ4n) is 3.36. The number of nitrogens with zero attached hydrogens (tertiary/aromatic N) is 3. The molecule has 3 rings (SSSR count). The molecule has 1 aromatic heterocycles. The molecular weight excluding hydrogens is 390 g/mol. The average Bonchev–Trinajstić information content (AvgIpc) is 3.27. The molecule has 0 unspecified atom stereocenters. The van der Waals surface area contributed by atoms with Gasteiger partial charge in [0.05, 0.1) is 13.2 Å². The molecule has 1 saturated heterocycles. The van der Waals surface area contributed by atoms with E-state index in [1.165, 1.54) is 11.3 Å². The van der Waals surface area contributed by atoms with Crippen molar-refractivity contribution in [3.8, 4) is 11.5 Å². The molecule has 1 aliphatic heterocycles. The van der Waals surface area contributed by atoms with Crippen LogP contribution >= 0.6 is 11.3 Å². The fourth-order valence-corrected chi connectivity index (χ4v) is 4.09. The number of thiazole rings is 1. The lowest BCUT2D eigenvalue weighted by Crippen LogP contribution is -2.40. The third kappa shape index (κ3) is 4.87. The van der Waals surface area contributed by atoms with Crippen molar-refractivity contribution in [2.45, 2.75) is 38.8 Å². The monoisotopic (exact) mass is 417 g/mol. The normalized spacial score (nSPS) is 15.7. The van der Waals surface area contributed by atoms with E-state index < -0.39 is 0 Å². The Bertz CT molecular complexity index is 848. The minimum absolute atomic E-state index is 0.0168. The van der Waals surface area contributed by atoms with E-state index in [-0.39, 0.29) is 24.0 Å². The van der Waals surface area contributed by atoms with Crippen molar-refractivity contribution in [3.63, 3.8) is 0 Å². The molecule has 0 radical (unpaired) electrons. The van der Waals surface area contributed by atoms with E-state index in [0.29, 0.717) is 30.2 Å². The van der Waals surface area contributed by atoms with Crippen molar-refractivity contribution in [2.75, 3.05) is 27.2 Å². The summed E-state index contributed by atoms with van der Waals surface area (Å²) in [6, 6.07) is 5.13. The van der Waals surface area contributed by atoms with Crippen molar-refractivity contribution in [3.05, 3.63) is 40.3 Å². The molecule has 8 heteroatoms.